The molecule has 5 rings (SSSR count). The van der Waals surface area contributed by atoms with Crippen LogP contribution in [0.3, 0.4) is 0 Å². The predicted molar refractivity (Wildman–Crippen MR) is 126 cm³/mol. The highest BCUT2D eigenvalue weighted by molar-refractivity contribution is 5.84. The SMILES string of the molecule is Cc1[nH]c2cc(Cn3ccc(-c4ccnc(NC5CCOCC5)n4)cc3=O)ccc2c1C. The van der Waals surface area contributed by atoms with Gasteiger partial charge in [0.15, 0.2) is 0 Å². The van der Waals surface area contributed by atoms with E-state index in [2.05, 4.69) is 52.3 Å². The summed E-state index contributed by atoms with van der Waals surface area (Å²) in [5.41, 5.74) is 6.09. The molecule has 0 bridgehead atoms. The van der Waals surface area contributed by atoms with Crippen LogP contribution in [0.2, 0.25) is 0 Å². The summed E-state index contributed by atoms with van der Waals surface area (Å²) in [5, 5.41) is 4.61. The molecule has 1 fully saturated rings. The lowest BCUT2D eigenvalue weighted by molar-refractivity contribution is 0.0903. The van der Waals surface area contributed by atoms with Gasteiger partial charge >= 0.3 is 0 Å². The molecule has 2 N–H and O–H groups in total. The number of nitrogens with zero attached hydrogens (tertiary/aromatic N) is 3. The number of H-pyrrole nitrogens is 1. The Labute approximate surface area is 186 Å². The van der Waals surface area contributed by atoms with Gasteiger partial charge < -0.3 is 19.6 Å². The molecule has 0 saturated carbocycles. The van der Waals surface area contributed by atoms with Crippen LogP contribution in [0.5, 0.6) is 0 Å². The molecule has 1 aliphatic heterocycles. The van der Waals surface area contributed by atoms with E-state index in [1.54, 1.807) is 16.8 Å². The lowest BCUT2D eigenvalue weighted by atomic mass is 10.1. The summed E-state index contributed by atoms with van der Waals surface area (Å²) in [6.07, 6.45) is 5.44. The topological polar surface area (TPSA) is 84.8 Å². The van der Waals surface area contributed by atoms with Crippen LogP contribution in [0.4, 0.5) is 5.95 Å². The van der Waals surface area contributed by atoms with Crippen molar-refractivity contribution in [3.63, 3.8) is 0 Å². The number of fused-ring (bicyclic) bond motifs is 1. The molecule has 3 aromatic heterocycles. The number of hydrogen-bond acceptors (Lipinski definition) is 5. The van der Waals surface area contributed by atoms with Gasteiger partial charge in [0, 0.05) is 59.9 Å². The first kappa shape index (κ1) is 20.5. The van der Waals surface area contributed by atoms with Gasteiger partial charge in [0.05, 0.1) is 12.2 Å². The van der Waals surface area contributed by atoms with E-state index in [1.165, 1.54) is 16.6 Å². The molecule has 7 heteroatoms. The summed E-state index contributed by atoms with van der Waals surface area (Å²) in [7, 11) is 0. The molecule has 0 aliphatic carbocycles. The van der Waals surface area contributed by atoms with Gasteiger partial charge in [0.1, 0.15) is 0 Å². The Kier molecular flexibility index (Phi) is 5.49. The number of ether oxygens (including phenoxy) is 1. The smallest absolute Gasteiger partial charge is 0.251 e. The van der Waals surface area contributed by atoms with Gasteiger partial charge in [0.2, 0.25) is 5.95 Å². The molecule has 0 unspecified atom stereocenters. The Bertz CT molecular complexity index is 1320. The van der Waals surface area contributed by atoms with Gasteiger partial charge in [-0.15, -0.1) is 0 Å². The van der Waals surface area contributed by atoms with E-state index in [9.17, 15) is 4.79 Å². The highest BCUT2D eigenvalue weighted by Crippen LogP contribution is 2.23. The zero-order valence-corrected chi connectivity index (χ0v) is 18.4. The van der Waals surface area contributed by atoms with Crippen LogP contribution in [0.1, 0.15) is 29.7 Å². The number of pyridine rings is 1. The minimum atomic E-state index is -0.0565. The van der Waals surface area contributed by atoms with Gasteiger partial charge in [-0.05, 0) is 56.0 Å². The van der Waals surface area contributed by atoms with Crippen molar-refractivity contribution in [1.82, 2.24) is 19.5 Å². The van der Waals surface area contributed by atoms with E-state index in [1.807, 2.05) is 18.3 Å². The average molecular weight is 430 g/mol. The van der Waals surface area contributed by atoms with Crippen molar-refractivity contribution in [2.24, 2.45) is 0 Å². The summed E-state index contributed by atoms with van der Waals surface area (Å²) >= 11 is 0. The fourth-order valence-electron chi connectivity index (χ4n) is 4.23. The monoisotopic (exact) mass is 429 g/mol. The third-order valence-corrected chi connectivity index (χ3v) is 6.23. The summed E-state index contributed by atoms with van der Waals surface area (Å²) < 4.78 is 7.12. The first-order valence-electron chi connectivity index (χ1n) is 11.0. The second kappa shape index (κ2) is 8.59. The second-order valence-electron chi connectivity index (χ2n) is 8.43. The maximum absolute atomic E-state index is 12.8. The van der Waals surface area contributed by atoms with Crippen molar-refractivity contribution in [3.05, 3.63) is 76.0 Å². The van der Waals surface area contributed by atoms with E-state index in [4.69, 9.17) is 4.74 Å². The summed E-state index contributed by atoms with van der Waals surface area (Å²) in [5.74, 6) is 0.586. The van der Waals surface area contributed by atoms with Crippen molar-refractivity contribution >= 4 is 16.9 Å². The number of hydrogen-bond donors (Lipinski definition) is 2. The van der Waals surface area contributed by atoms with E-state index >= 15 is 0 Å². The molecule has 0 atom stereocenters. The zero-order valence-electron chi connectivity index (χ0n) is 18.4. The quantitative estimate of drug-likeness (QED) is 0.500. The molecule has 0 amide bonds. The lowest BCUT2D eigenvalue weighted by Crippen LogP contribution is -2.28. The van der Waals surface area contributed by atoms with Gasteiger partial charge in [-0.2, -0.15) is 0 Å². The standard InChI is InChI=1S/C25H27N5O2/c1-16-17(2)27-23-13-18(3-4-21(16)23)15-30-10-6-19(14-24(30)31)22-5-9-26-25(29-22)28-20-7-11-32-12-8-20/h3-6,9-10,13-14,20,27H,7-8,11-12,15H2,1-2H3,(H,26,28,29). The minimum Gasteiger partial charge on any atom is -0.381 e. The molecule has 1 aromatic carbocycles. The molecular formula is C25H27N5O2. The molecule has 1 saturated heterocycles. The average Bonchev–Trinajstić information content (AvgIpc) is 3.09. The summed E-state index contributed by atoms with van der Waals surface area (Å²) in [6.45, 7) is 6.23. The predicted octanol–water partition coefficient (Wildman–Crippen LogP) is 4.04. The first-order valence-corrected chi connectivity index (χ1v) is 11.0. The van der Waals surface area contributed by atoms with Gasteiger partial charge in [0.25, 0.3) is 5.56 Å². The lowest BCUT2D eigenvalue weighted by Gasteiger charge is -2.23. The first-order chi connectivity index (χ1) is 15.6. The number of rotatable bonds is 5. The molecule has 32 heavy (non-hydrogen) atoms. The Morgan fingerprint density at radius 2 is 2.00 bits per heavy atom. The molecule has 1 aliphatic rings. The maximum Gasteiger partial charge on any atom is 0.251 e. The largest absolute Gasteiger partial charge is 0.381 e. The summed E-state index contributed by atoms with van der Waals surface area (Å²) in [6, 6.07) is 12.0. The number of nitrogens with one attached hydrogen (secondary N) is 2. The van der Waals surface area contributed by atoms with Crippen LogP contribution in [-0.4, -0.2) is 38.8 Å². The molecule has 7 nitrogen and oxygen atoms in total. The Hall–Kier alpha value is -3.45. The minimum absolute atomic E-state index is 0.0565. The van der Waals surface area contributed by atoms with Crippen molar-refractivity contribution < 1.29 is 4.74 Å². The normalized spacial score (nSPS) is 14.7. The van der Waals surface area contributed by atoms with E-state index < -0.39 is 0 Å². The second-order valence-corrected chi connectivity index (χ2v) is 8.43. The van der Waals surface area contributed by atoms with Crippen molar-refractivity contribution in [2.75, 3.05) is 18.5 Å². The van der Waals surface area contributed by atoms with Crippen LogP contribution < -0.4 is 10.9 Å². The highest BCUT2D eigenvalue weighted by Gasteiger charge is 2.15. The van der Waals surface area contributed by atoms with Crippen LogP contribution in [0.25, 0.3) is 22.2 Å². The third-order valence-electron chi connectivity index (χ3n) is 6.23. The number of aromatic amines is 1. The molecule has 0 spiro atoms. The van der Waals surface area contributed by atoms with Crippen LogP contribution in [0, 0.1) is 13.8 Å². The number of anilines is 1. The fraction of sp³-hybridized carbons (Fsp3) is 0.320. The molecule has 4 aromatic rings. The highest BCUT2D eigenvalue weighted by atomic mass is 16.5. The fourth-order valence-corrected chi connectivity index (χ4v) is 4.23. The number of aromatic nitrogens is 4. The van der Waals surface area contributed by atoms with Crippen LogP contribution >= 0.6 is 0 Å². The number of aryl methyl sites for hydroxylation is 2. The van der Waals surface area contributed by atoms with E-state index in [-0.39, 0.29) is 5.56 Å². The molecule has 0 radical (unpaired) electrons. The van der Waals surface area contributed by atoms with Gasteiger partial charge in [-0.1, -0.05) is 12.1 Å². The number of benzene rings is 1. The summed E-state index contributed by atoms with van der Waals surface area (Å²) in [4.78, 5) is 25.2. The Morgan fingerprint density at radius 1 is 1.16 bits per heavy atom. The Balaban J connectivity index is 1.35. The zero-order chi connectivity index (χ0) is 22.1. The third kappa shape index (κ3) is 4.16. The van der Waals surface area contributed by atoms with Gasteiger partial charge in [-0.3, -0.25) is 4.79 Å². The maximum atomic E-state index is 12.8. The molecular weight excluding hydrogens is 402 g/mol. The van der Waals surface area contributed by atoms with Gasteiger partial charge in [-0.25, -0.2) is 9.97 Å². The Morgan fingerprint density at radius 3 is 2.81 bits per heavy atom. The van der Waals surface area contributed by atoms with Crippen molar-refractivity contribution in [2.45, 2.75) is 39.3 Å². The van der Waals surface area contributed by atoms with Crippen molar-refractivity contribution in [3.8, 4) is 11.3 Å². The van der Waals surface area contributed by atoms with E-state index in [0.717, 1.165) is 48.4 Å². The van der Waals surface area contributed by atoms with Crippen molar-refractivity contribution in [1.29, 1.82) is 0 Å². The van der Waals surface area contributed by atoms with E-state index in [0.29, 0.717) is 18.5 Å². The van der Waals surface area contributed by atoms with Crippen LogP contribution in [-0.2, 0) is 11.3 Å². The molecule has 164 valence electrons. The molecule has 4 heterocycles. The van der Waals surface area contributed by atoms with Crippen LogP contribution in [0.15, 0.2) is 53.6 Å².